The average molecular weight is 471 g/mol. The standard InChI is InChI=1S/C14H15N5.C13H19N3/c1-16-13-6-10-5-9(11-7-17-19(2)8-11)3-4-12(10)14(15)18-13;1-3-4-12-5-6-14-13(11-12)16-9-7-15(2)8-10-16/h3-8H,1-2H3,(H3,15,16,18);3-6,11H,7-10H2,1-2H3/b;4-3-. The summed E-state index contributed by atoms with van der Waals surface area (Å²) in [7, 11) is 5.91. The number of nitrogens with one attached hydrogen (secondary N) is 1. The molecule has 1 fully saturated rings. The van der Waals surface area contributed by atoms with Gasteiger partial charge in [0.15, 0.2) is 0 Å². The van der Waals surface area contributed by atoms with Gasteiger partial charge in [0.2, 0.25) is 0 Å². The predicted molar refractivity (Wildman–Crippen MR) is 147 cm³/mol. The lowest BCUT2D eigenvalue weighted by molar-refractivity contribution is 0.312. The number of piperazine rings is 1. The molecule has 8 nitrogen and oxygen atoms in total. The molecule has 0 saturated carbocycles. The number of pyridine rings is 2. The lowest BCUT2D eigenvalue weighted by Crippen LogP contribution is -2.44. The molecule has 4 aromatic rings. The van der Waals surface area contributed by atoms with Crippen LogP contribution in [0.3, 0.4) is 0 Å². The summed E-state index contributed by atoms with van der Waals surface area (Å²) in [5, 5.41) is 9.24. The minimum absolute atomic E-state index is 0.541. The number of nitrogen functional groups attached to an aromatic ring is 1. The molecule has 1 saturated heterocycles. The Balaban J connectivity index is 0.000000168. The van der Waals surface area contributed by atoms with Crippen molar-refractivity contribution in [1.82, 2.24) is 24.6 Å². The van der Waals surface area contributed by atoms with E-state index in [1.54, 1.807) is 4.68 Å². The van der Waals surface area contributed by atoms with Gasteiger partial charge in [-0.3, -0.25) is 4.68 Å². The average Bonchev–Trinajstić information content (AvgIpc) is 3.31. The Kier molecular flexibility index (Phi) is 7.62. The maximum atomic E-state index is 5.96. The summed E-state index contributed by atoms with van der Waals surface area (Å²) in [4.78, 5) is 13.4. The quantitative estimate of drug-likeness (QED) is 0.464. The highest BCUT2D eigenvalue weighted by Crippen LogP contribution is 2.28. The molecule has 3 N–H and O–H groups in total. The maximum Gasteiger partial charge on any atom is 0.133 e. The Morgan fingerprint density at radius 2 is 1.80 bits per heavy atom. The summed E-state index contributed by atoms with van der Waals surface area (Å²) in [6.45, 7) is 6.42. The van der Waals surface area contributed by atoms with Crippen molar-refractivity contribution in [3.63, 3.8) is 0 Å². The summed E-state index contributed by atoms with van der Waals surface area (Å²) in [5.41, 5.74) is 9.39. The van der Waals surface area contributed by atoms with Gasteiger partial charge in [0, 0.05) is 63.6 Å². The van der Waals surface area contributed by atoms with Gasteiger partial charge in [-0.1, -0.05) is 24.3 Å². The van der Waals surface area contributed by atoms with Crippen molar-refractivity contribution >= 4 is 34.3 Å². The first kappa shape index (κ1) is 24.2. The van der Waals surface area contributed by atoms with Crippen LogP contribution in [0, 0.1) is 0 Å². The van der Waals surface area contributed by atoms with Crippen LogP contribution in [0.2, 0.25) is 0 Å². The molecule has 4 heterocycles. The zero-order valence-electron chi connectivity index (χ0n) is 20.9. The van der Waals surface area contributed by atoms with E-state index < -0.39 is 0 Å². The van der Waals surface area contributed by atoms with E-state index >= 15 is 0 Å². The number of hydrogen-bond acceptors (Lipinski definition) is 7. The van der Waals surface area contributed by atoms with Crippen molar-refractivity contribution < 1.29 is 0 Å². The summed E-state index contributed by atoms with van der Waals surface area (Å²) in [6.07, 6.45) is 9.91. The molecule has 0 radical (unpaired) electrons. The van der Waals surface area contributed by atoms with Gasteiger partial charge in [-0.15, -0.1) is 0 Å². The Bertz CT molecular complexity index is 1300. The third-order valence-corrected chi connectivity index (χ3v) is 6.11. The topological polar surface area (TPSA) is 88.1 Å². The van der Waals surface area contributed by atoms with Crippen LogP contribution in [0.4, 0.5) is 17.5 Å². The Hall–Kier alpha value is -3.91. The van der Waals surface area contributed by atoms with E-state index in [1.807, 2.05) is 63.9 Å². The summed E-state index contributed by atoms with van der Waals surface area (Å²) >= 11 is 0. The summed E-state index contributed by atoms with van der Waals surface area (Å²) in [6, 6.07) is 12.3. The molecule has 35 heavy (non-hydrogen) atoms. The van der Waals surface area contributed by atoms with E-state index in [1.165, 1.54) is 5.56 Å². The zero-order chi connectivity index (χ0) is 24.8. The molecular weight excluding hydrogens is 436 g/mol. The second-order valence-electron chi connectivity index (χ2n) is 8.72. The molecule has 1 aliphatic heterocycles. The third kappa shape index (κ3) is 5.96. The SMILES string of the molecule is C/C=C\c1ccnc(N2CCN(C)CC2)c1.CNc1cc2cc(-c3cnn(C)c3)ccc2c(N)n1. The van der Waals surface area contributed by atoms with Crippen LogP contribution in [0.25, 0.3) is 28.0 Å². The number of fused-ring (bicyclic) bond motifs is 1. The minimum atomic E-state index is 0.541. The zero-order valence-corrected chi connectivity index (χ0v) is 20.9. The fourth-order valence-corrected chi connectivity index (χ4v) is 4.10. The van der Waals surface area contributed by atoms with E-state index in [-0.39, 0.29) is 0 Å². The molecule has 0 amide bonds. The molecule has 0 aliphatic carbocycles. The summed E-state index contributed by atoms with van der Waals surface area (Å²) in [5.74, 6) is 2.41. The van der Waals surface area contributed by atoms with Crippen molar-refractivity contribution in [2.24, 2.45) is 7.05 Å². The van der Waals surface area contributed by atoms with Crippen molar-refractivity contribution in [1.29, 1.82) is 0 Å². The summed E-state index contributed by atoms with van der Waals surface area (Å²) < 4.78 is 1.79. The smallest absolute Gasteiger partial charge is 0.133 e. The largest absolute Gasteiger partial charge is 0.383 e. The number of likely N-dealkylation sites (N-methyl/N-ethyl adjacent to an activating group) is 1. The van der Waals surface area contributed by atoms with E-state index in [4.69, 9.17) is 5.73 Å². The highest BCUT2D eigenvalue weighted by molar-refractivity contribution is 5.95. The number of aromatic nitrogens is 4. The molecule has 182 valence electrons. The number of nitrogens with two attached hydrogens (primary N) is 1. The maximum absolute atomic E-state index is 5.96. The molecule has 0 spiro atoms. The third-order valence-electron chi connectivity index (χ3n) is 6.11. The van der Waals surface area contributed by atoms with Gasteiger partial charge in [-0.05, 0) is 54.8 Å². The highest BCUT2D eigenvalue weighted by Gasteiger charge is 2.15. The Labute approximate surface area is 207 Å². The molecule has 3 aromatic heterocycles. The first-order chi connectivity index (χ1) is 17.0. The lowest BCUT2D eigenvalue weighted by Gasteiger charge is -2.33. The van der Waals surface area contributed by atoms with E-state index in [2.05, 4.69) is 61.5 Å². The number of benzene rings is 1. The Morgan fingerprint density at radius 3 is 2.49 bits per heavy atom. The van der Waals surface area contributed by atoms with Gasteiger partial charge < -0.3 is 20.9 Å². The van der Waals surface area contributed by atoms with Crippen LogP contribution >= 0.6 is 0 Å². The number of allylic oxidation sites excluding steroid dienone is 1. The van der Waals surface area contributed by atoms with Gasteiger partial charge in [0.1, 0.15) is 17.5 Å². The van der Waals surface area contributed by atoms with Crippen LogP contribution in [0.5, 0.6) is 0 Å². The van der Waals surface area contributed by atoms with Crippen LogP contribution in [0.15, 0.2) is 61.1 Å². The second kappa shape index (κ2) is 11.0. The number of rotatable bonds is 4. The molecule has 0 atom stereocenters. The van der Waals surface area contributed by atoms with Crippen LogP contribution < -0.4 is 16.0 Å². The molecule has 1 aromatic carbocycles. The van der Waals surface area contributed by atoms with Gasteiger partial charge in [0.25, 0.3) is 0 Å². The van der Waals surface area contributed by atoms with Gasteiger partial charge >= 0.3 is 0 Å². The van der Waals surface area contributed by atoms with Crippen LogP contribution in [-0.2, 0) is 7.05 Å². The molecule has 0 bridgehead atoms. The molecule has 0 unspecified atom stereocenters. The number of aryl methyl sites for hydroxylation is 1. The molecule has 5 rings (SSSR count). The minimum Gasteiger partial charge on any atom is -0.383 e. The normalized spacial score (nSPS) is 14.2. The van der Waals surface area contributed by atoms with Crippen LogP contribution in [-0.4, -0.2) is 64.9 Å². The van der Waals surface area contributed by atoms with Crippen molar-refractivity contribution in [2.45, 2.75) is 6.92 Å². The van der Waals surface area contributed by atoms with Crippen molar-refractivity contribution in [3.8, 4) is 11.1 Å². The number of anilines is 3. The first-order valence-corrected chi connectivity index (χ1v) is 11.9. The van der Waals surface area contributed by atoms with Crippen LogP contribution in [0.1, 0.15) is 12.5 Å². The fourth-order valence-electron chi connectivity index (χ4n) is 4.10. The van der Waals surface area contributed by atoms with Gasteiger partial charge in [-0.2, -0.15) is 5.10 Å². The first-order valence-electron chi connectivity index (χ1n) is 11.9. The van der Waals surface area contributed by atoms with Crippen molar-refractivity contribution in [3.05, 3.63) is 66.6 Å². The molecule has 1 aliphatic rings. The lowest BCUT2D eigenvalue weighted by atomic mass is 10.0. The molecular formula is C27H34N8. The predicted octanol–water partition coefficient (Wildman–Crippen LogP) is 4.13. The number of nitrogens with zero attached hydrogens (tertiary/aromatic N) is 6. The highest BCUT2D eigenvalue weighted by atomic mass is 15.3. The number of hydrogen-bond donors (Lipinski definition) is 2. The fraction of sp³-hybridized carbons (Fsp3) is 0.296. The van der Waals surface area contributed by atoms with Gasteiger partial charge in [-0.25, -0.2) is 9.97 Å². The van der Waals surface area contributed by atoms with Crippen molar-refractivity contribution in [2.75, 3.05) is 56.2 Å². The van der Waals surface area contributed by atoms with E-state index in [0.717, 1.165) is 59.7 Å². The monoisotopic (exact) mass is 470 g/mol. The molecule has 8 heteroatoms. The second-order valence-corrected chi connectivity index (χ2v) is 8.72. The Morgan fingerprint density at radius 1 is 1.00 bits per heavy atom. The van der Waals surface area contributed by atoms with E-state index in [9.17, 15) is 0 Å². The van der Waals surface area contributed by atoms with E-state index in [0.29, 0.717) is 5.82 Å². The van der Waals surface area contributed by atoms with Gasteiger partial charge in [0.05, 0.1) is 6.20 Å².